The van der Waals surface area contributed by atoms with Gasteiger partial charge in [0.2, 0.25) is 0 Å². The van der Waals surface area contributed by atoms with E-state index in [-0.39, 0.29) is 17.3 Å². The van der Waals surface area contributed by atoms with Crippen LogP contribution in [0, 0.1) is 0 Å². The Labute approximate surface area is 123 Å². The molecule has 3 heterocycles. The van der Waals surface area contributed by atoms with Crippen molar-refractivity contribution in [3.63, 3.8) is 0 Å². The van der Waals surface area contributed by atoms with Crippen LogP contribution in [0.5, 0.6) is 5.75 Å². The van der Waals surface area contributed by atoms with E-state index in [9.17, 15) is 13.6 Å². The zero-order valence-corrected chi connectivity index (χ0v) is 11.3. The van der Waals surface area contributed by atoms with Crippen LogP contribution >= 0.6 is 0 Å². The van der Waals surface area contributed by atoms with Gasteiger partial charge in [0.25, 0.3) is 5.91 Å². The number of fused-ring (bicyclic) bond motifs is 1. The SMILES string of the molecule is O=C(Nc1ccc(OC(F)F)cn1)c1cn2c(n1)COCC2. The number of rotatable bonds is 4. The maximum Gasteiger partial charge on any atom is 0.387 e. The molecule has 0 fully saturated rings. The van der Waals surface area contributed by atoms with Gasteiger partial charge in [-0.1, -0.05) is 0 Å². The van der Waals surface area contributed by atoms with Crippen LogP contribution < -0.4 is 10.1 Å². The first-order valence-corrected chi connectivity index (χ1v) is 6.48. The predicted octanol–water partition coefficient (Wildman–Crippen LogP) is 1.66. The third kappa shape index (κ3) is 3.19. The van der Waals surface area contributed by atoms with Crippen LogP contribution in [0.25, 0.3) is 0 Å². The highest BCUT2D eigenvalue weighted by Crippen LogP contribution is 2.16. The fourth-order valence-electron chi connectivity index (χ4n) is 2.01. The lowest BCUT2D eigenvalue weighted by Crippen LogP contribution is -2.15. The van der Waals surface area contributed by atoms with Crippen LogP contribution in [0.15, 0.2) is 24.5 Å². The summed E-state index contributed by atoms with van der Waals surface area (Å²) in [5.74, 6) is 0.387. The Morgan fingerprint density at radius 1 is 1.45 bits per heavy atom. The molecule has 0 radical (unpaired) electrons. The lowest BCUT2D eigenvalue weighted by Gasteiger charge is -2.13. The summed E-state index contributed by atoms with van der Waals surface area (Å²) in [7, 11) is 0. The van der Waals surface area contributed by atoms with Gasteiger partial charge in [0.05, 0.1) is 12.8 Å². The van der Waals surface area contributed by atoms with Gasteiger partial charge >= 0.3 is 6.61 Å². The van der Waals surface area contributed by atoms with E-state index in [0.29, 0.717) is 25.6 Å². The Bertz CT molecular complexity index is 649. The molecule has 0 aromatic carbocycles. The zero-order chi connectivity index (χ0) is 15.5. The molecule has 9 heteroatoms. The molecule has 0 saturated carbocycles. The molecule has 7 nitrogen and oxygen atoms in total. The normalized spacial score (nSPS) is 13.8. The van der Waals surface area contributed by atoms with E-state index in [4.69, 9.17) is 4.74 Å². The Morgan fingerprint density at radius 3 is 3.00 bits per heavy atom. The van der Waals surface area contributed by atoms with E-state index in [1.165, 1.54) is 12.1 Å². The number of anilines is 1. The van der Waals surface area contributed by atoms with Crippen molar-refractivity contribution in [1.29, 1.82) is 0 Å². The maximum absolute atomic E-state index is 12.1. The van der Waals surface area contributed by atoms with Gasteiger partial charge in [-0.3, -0.25) is 4.79 Å². The van der Waals surface area contributed by atoms with Crippen LogP contribution in [0.4, 0.5) is 14.6 Å². The third-order valence-electron chi connectivity index (χ3n) is 3.00. The van der Waals surface area contributed by atoms with Gasteiger partial charge < -0.3 is 19.4 Å². The number of amides is 1. The minimum atomic E-state index is -2.92. The van der Waals surface area contributed by atoms with Gasteiger partial charge in [-0.15, -0.1) is 0 Å². The summed E-state index contributed by atoms with van der Waals surface area (Å²) >= 11 is 0. The number of alkyl halides is 2. The lowest BCUT2D eigenvalue weighted by molar-refractivity contribution is -0.0500. The zero-order valence-electron chi connectivity index (χ0n) is 11.3. The number of aromatic nitrogens is 3. The molecule has 1 aliphatic heterocycles. The number of imidazole rings is 1. The summed E-state index contributed by atoms with van der Waals surface area (Å²) in [5, 5.41) is 2.54. The van der Waals surface area contributed by atoms with Crippen LogP contribution in [-0.4, -0.2) is 33.7 Å². The summed E-state index contributed by atoms with van der Waals surface area (Å²) < 4.78 is 35.3. The van der Waals surface area contributed by atoms with Crippen molar-refractivity contribution in [1.82, 2.24) is 14.5 Å². The number of halogens is 2. The summed E-state index contributed by atoms with van der Waals surface area (Å²) in [6.07, 6.45) is 2.75. The van der Waals surface area contributed by atoms with Gasteiger partial charge in [0.1, 0.15) is 29.7 Å². The first-order chi connectivity index (χ1) is 10.6. The highest BCUT2D eigenvalue weighted by molar-refractivity contribution is 6.02. The van der Waals surface area contributed by atoms with E-state index >= 15 is 0 Å². The fraction of sp³-hybridized carbons (Fsp3) is 0.308. The predicted molar refractivity (Wildman–Crippen MR) is 70.7 cm³/mol. The number of carbonyl (C=O) groups is 1. The van der Waals surface area contributed by atoms with Crippen molar-refractivity contribution in [2.45, 2.75) is 19.8 Å². The maximum atomic E-state index is 12.1. The number of hydrogen-bond donors (Lipinski definition) is 1. The monoisotopic (exact) mass is 310 g/mol. The van der Waals surface area contributed by atoms with Gasteiger partial charge in [0, 0.05) is 12.7 Å². The van der Waals surface area contributed by atoms with E-state index < -0.39 is 12.5 Å². The van der Waals surface area contributed by atoms with E-state index in [1.54, 1.807) is 6.20 Å². The van der Waals surface area contributed by atoms with Crippen LogP contribution in [0.2, 0.25) is 0 Å². The van der Waals surface area contributed by atoms with Gasteiger partial charge in [0.15, 0.2) is 0 Å². The van der Waals surface area contributed by atoms with Crippen LogP contribution in [0.3, 0.4) is 0 Å². The first kappa shape index (κ1) is 14.4. The van der Waals surface area contributed by atoms with Crippen molar-refractivity contribution in [3.8, 4) is 5.75 Å². The standard InChI is InChI=1S/C13H12F2N4O3/c14-13(15)22-8-1-2-10(16-5-8)18-12(20)9-6-19-3-4-21-7-11(19)17-9/h1-2,5-6,13H,3-4,7H2,(H,16,18,20). The van der Waals surface area contributed by atoms with Crippen molar-refractivity contribution in [2.75, 3.05) is 11.9 Å². The second kappa shape index (κ2) is 6.06. The average molecular weight is 310 g/mol. The number of nitrogens with one attached hydrogen (secondary N) is 1. The Balaban J connectivity index is 1.67. The van der Waals surface area contributed by atoms with Crippen molar-refractivity contribution >= 4 is 11.7 Å². The number of hydrogen-bond acceptors (Lipinski definition) is 5. The second-order valence-electron chi connectivity index (χ2n) is 4.50. The Kier molecular flexibility index (Phi) is 3.96. The summed E-state index contributed by atoms with van der Waals surface area (Å²) in [5.41, 5.74) is 0.246. The molecule has 3 rings (SSSR count). The smallest absolute Gasteiger partial charge is 0.387 e. The molecule has 2 aromatic rings. The molecule has 2 aromatic heterocycles. The molecule has 1 N–H and O–H groups in total. The molecule has 1 amide bonds. The molecular weight excluding hydrogens is 298 g/mol. The summed E-state index contributed by atoms with van der Waals surface area (Å²) in [6.45, 7) is -1.32. The molecule has 0 unspecified atom stereocenters. The number of pyridine rings is 1. The minimum absolute atomic E-state index is 0.0809. The Hall–Kier alpha value is -2.55. The van der Waals surface area contributed by atoms with Gasteiger partial charge in [-0.05, 0) is 12.1 Å². The molecule has 0 aliphatic carbocycles. The first-order valence-electron chi connectivity index (χ1n) is 6.48. The molecule has 1 aliphatic rings. The molecular formula is C13H12F2N4O3. The molecule has 0 bridgehead atoms. The quantitative estimate of drug-likeness (QED) is 0.929. The van der Waals surface area contributed by atoms with Gasteiger partial charge in [-0.2, -0.15) is 8.78 Å². The molecule has 0 atom stereocenters. The minimum Gasteiger partial charge on any atom is -0.433 e. The molecule has 0 saturated heterocycles. The third-order valence-corrected chi connectivity index (χ3v) is 3.00. The lowest BCUT2D eigenvalue weighted by atomic mass is 10.4. The largest absolute Gasteiger partial charge is 0.433 e. The fourth-order valence-corrected chi connectivity index (χ4v) is 2.01. The summed E-state index contributed by atoms with van der Waals surface area (Å²) in [6, 6.07) is 2.66. The van der Waals surface area contributed by atoms with E-state index in [1.807, 2.05) is 4.57 Å². The number of ether oxygens (including phenoxy) is 2. The molecule has 116 valence electrons. The van der Waals surface area contributed by atoms with Crippen LogP contribution in [-0.2, 0) is 17.9 Å². The number of nitrogens with zero attached hydrogens (tertiary/aromatic N) is 3. The number of carbonyl (C=O) groups excluding carboxylic acids is 1. The second-order valence-corrected chi connectivity index (χ2v) is 4.50. The molecule has 0 spiro atoms. The highest BCUT2D eigenvalue weighted by Gasteiger charge is 2.17. The Morgan fingerprint density at radius 2 is 2.32 bits per heavy atom. The topological polar surface area (TPSA) is 78.3 Å². The highest BCUT2D eigenvalue weighted by atomic mass is 19.3. The van der Waals surface area contributed by atoms with E-state index in [2.05, 4.69) is 20.0 Å². The summed E-state index contributed by atoms with van der Waals surface area (Å²) in [4.78, 5) is 20.1. The van der Waals surface area contributed by atoms with E-state index in [0.717, 1.165) is 6.20 Å². The van der Waals surface area contributed by atoms with Crippen LogP contribution in [0.1, 0.15) is 16.3 Å². The average Bonchev–Trinajstić information content (AvgIpc) is 2.93. The van der Waals surface area contributed by atoms with Crippen molar-refractivity contribution < 1.29 is 23.0 Å². The van der Waals surface area contributed by atoms with Crippen molar-refractivity contribution in [3.05, 3.63) is 36.0 Å². The van der Waals surface area contributed by atoms with Crippen molar-refractivity contribution in [2.24, 2.45) is 0 Å². The molecule has 22 heavy (non-hydrogen) atoms. The van der Waals surface area contributed by atoms with Gasteiger partial charge in [-0.25, -0.2) is 9.97 Å².